The lowest BCUT2D eigenvalue weighted by molar-refractivity contribution is 0.619. The van der Waals surface area contributed by atoms with Gasteiger partial charge in [0.25, 0.3) is 0 Å². The van der Waals surface area contributed by atoms with Crippen LogP contribution in [0.1, 0.15) is 12.5 Å². The number of halogens is 1. The minimum absolute atomic E-state index is 0.196. The first-order valence-corrected chi connectivity index (χ1v) is 6.66. The van der Waals surface area contributed by atoms with Gasteiger partial charge in [-0.3, -0.25) is 4.68 Å². The van der Waals surface area contributed by atoms with Crippen molar-refractivity contribution in [1.29, 1.82) is 0 Å². The molecule has 1 N–H and O–H groups in total. The van der Waals surface area contributed by atoms with Gasteiger partial charge in [0.05, 0.1) is 11.1 Å². The fraction of sp³-hybridized carbons (Fsp3) is 0.308. The lowest BCUT2D eigenvalue weighted by atomic mass is 10.2. The predicted molar refractivity (Wildman–Crippen MR) is 71.1 cm³/mol. The molecule has 1 aromatic carbocycles. The van der Waals surface area contributed by atoms with Gasteiger partial charge in [0.1, 0.15) is 5.82 Å². The van der Waals surface area contributed by atoms with Gasteiger partial charge in [-0.15, -0.1) is 0 Å². The van der Waals surface area contributed by atoms with E-state index in [-0.39, 0.29) is 5.82 Å². The van der Waals surface area contributed by atoms with Crippen LogP contribution in [0.2, 0.25) is 0 Å². The zero-order valence-corrected chi connectivity index (χ0v) is 11.3. The first-order chi connectivity index (χ1) is 8.69. The molecule has 5 heteroatoms. The molecule has 96 valence electrons. The smallest absolute Gasteiger partial charge is 0.123 e. The van der Waals surface area contributed by atoms with Crippen molar-refractivity contribution in [2.75, 3.05) is 6.54 Å². The fourth-order valence-corrected chi connectivity index (χ4v) is 2.58. The van der Waals surface area contributed by atoms with E-state index >= 15 is 0 Å². The first kappa shape index (κ1) is 13.1. The molecular formula is C13H16FN3S. The molecular weight excluding hydrogens is 249 g/mol. The normalized spacial score (nSPS) is 10.8. The number of benzene rings is 1. The molecule has 0 radical (unpaired) electrons. The molecule has 0 aliphatic carbocycles. The highest BCUT2D eigenvalue weighted by atomic mass is 32.2. The van der Waals surface area contributed by atoms with E-state index in [0.29, 0.717) is 6.54 Å². The topological polar surface area (TPSA) is 29.9 Å². The molecule has 0 unspecified atom stereocenters. The Labute approximate surface area is 110 Å². The summed E-state index contributed by atoms with van der Waals surface area (Å²) in [5.74, 6) is -0.196. The summed E-state index contributed by atoms with van der Waals surface area (Å²) in [7, 11) is 1.88. The van der Waals surface area contributed by atoms with Crippen LogP contribution in [-0.4, -0.2) is 16.3 Å². The van der Waals surface area contributed by atoms with Crippen molar-refractivity contribution in [3.05, 3.63) is 42.0 Å². The lowest BCUT2D eigenvalue weighted by Gasteiger charge is -2.08. The lowest BCUT2D eigenvalue weighted by Crippen LogP contribution is -2.12. The molecule has 1 heterocycles. The van der Waals surface area contributed by atoms with Crippen LogP contribution in [0.3, 0.4) is 0 Å². The summed E-state index contributed by atoms with van der Waals surface area (Å²) < 4.78 is 15.0. The summed E-state index contributed by atoms with van der Waals surface area (Å²) in [5, 5.41) is 7.35. The fourth-order valence-electron chi connectivity index (χ4n) is 1.62. The monoisotopic (exact) mass is 265 g/mol. The summed E-state index contributed by atoms with van der Waals surface area (Å²) in [4.78, 5) is 2.12. The van der Waals surface area contributed by atoms with Gasteiger partial charge in [-0.05, 0) is 30.3 Å². The zero-order valence-electron chi connectivity index (χ0n) is 10.5. The maximum Gasteiger partial charge on any atom is 0.123 e. The molecule has 0 aliphatic heterocycles. The number of hydrogen-bond donors (Lipinski definition) is 1. The Balaban J connectivity index is 2.20. The van der Waals surface area contributed by atoms with Crippen molar-refractivity contribution in [2.24, 2.45) is 7.05 Å². The van der Waals surface area contributed by atoms with Crippen LogP contribution in [0.5, 0.6) is 0 Å². The second-order valence-corrected chi connectivity index (χ2v) is 5.10. The maximum atomic E-state index is 13.3. The van der Waals surface area contributed by atoms with Crippen LogP contribution < -0.4 is 5.32 Å². The number of aromatic nitrogens is 2. The van der Waals surface area contributed by atoms with Crippen molar-refractivity contribution in [1.82, 2.24) is 15.1 Å². The Kier molecular flexibility index (Phi) is 4.38. The van der Waals surface area contributed by atoms with Gasteiger partial charge in [0.15, 0.2) is 0 Å². The van der Waals surface area contributed by atoms with E-state index < -0.39 is 0 Å². The molecule has 0 amide bonds. The second kappa shape index (κ2) is 6.02. The van der Waals surface area contributed by atoms with E-state index in [2.05, 4.69) is 10.4 Å². The van der Waals surface area contributed by atoms with Gasteiger partial charge in [-0.1, -0.05) is 18.7 Å². The average Bonchev–Trinajstić information content (AvgIpc) is 2.75. The minimum atomic E-state index is -0.196. The number of hydrogen-bond acceptors (Lipinski definition) is 3. The standard InChI is InChI=1S/C13H16FN3S/c1-3-15-7-10-6-11(14)4-5-13(10)18-12-8-16-17(2)9-12/h4-6,8-9,15H,3,7H2,1-2H3. The summed E-state index contributed by atoms with van der Waals surface area (Å²) >= 11 is 1.60. The highest BCUT2D eigenvalue weighted by Crippen LogP contribution is 2.30. The Hall–Kier alpha value is -1.33. The van der Waals surface area contributed by atoms with E-state index in [0.717, 1.165) is 21.9 Å². The van der Waals surface area contributed by atoms with Gasteiger partial charge in [-0.2, -0.15) is 5.10 Å². The number of rotatable bonds is 5. The molecule has 1 aromatic heterocycles. The molecule has 0 fully saturated rings. The van der Waals surface area contributed by atoms with E-state index in [1.807, 2.05) is 32.4 Å². The third-order valence-electron chi connectivity index (χ3n) is 2.50. The van der Waals surface area contributed by atoms with Crippen molar-refractivity contribution in [3.8, 4) is 0 Å². The third-order valence-corrected chi connectivity index (χ3v) is 3.56. The van der Waals surface area contributed by atoms with Crippen molar-refractivity contribution in [3.63, 3.8) is 0 Å². The molecule has 2 rings (SSSR count). The summed E-state index contributed by atoms with van der Waals surface area (Å²) in [6.45, 7) is 3.58. The van der Waals surface area contributed by atoms with Crippen molar-refractivity contribution >= 4 is 11.8 Å². The first-order valence-electron chi connectivity index (χ1n) is 5.84. The Morgan fingerprint density at radius 3 is 2.94 bits per heavy atom. The van der Waals surface area contributed by atoms with E-state index in [1.54, 1.807) is 22.5 Å². The predicted octanol–water partition coefficient (Wildman–Crippen LogP) is 2.82. The summed E-state index contributed by atoms with van der Waals surface area (Å²) in [6.07, 6.45) is 3.76. The van der Waals surface area contributed by atoms with Gasteiger partial charge >= 0.3 is 0 Å². The molecule has 0 atom stereocenters. The van der Waals surface area contributed by atoms with Crippen LogP contribution in [0.25, 0.3) is 0 Å². The quantitative estimate of drug-likeness (QED) is 0.901. The summed E-state index contributed by atoms with van der Waals surface area (Å²) in [5.41, 5.74) is 0.978. The SMILES string of the molecule is CCNCc1cc(F)ccc1Sc1cnn(C)c1. The molecule has 0 saturated carbocycles. The van der Waals surface area contributed by atoms with Crippen LogP contribution in [0.15, 0.2) is 40.4 Å². The van der Waals surface area contributed by atoms with Gasteiger partial charge in [0.2, 0.25) is 0 Å². The highest BCUT2D eigenvalue weighted by molar-refractivity contribution is 7.99. The molecule has 0 aliphatic rings. The zero-order chi connectivity index (χ0) is 13.0. The number of nitrogens with zero attached hydrogens (tertiary/aromatic N) is 2. The molecule has 0 saturated heterocycles. The molecule has 0 spiro atoms. The number of nitrogens with one attached hydrogen (secondary N) is 1. The van der Waals surface area contributed by atoms with Crippen LogP contribution >= 0.6 is 11.8 Å². The third kappa shape index (κ3) is 3.34. The van der Waals surface area contributed by atoms with E-state index in [4.69, 9.17) is 0 Å². The average molecular weight is 265 g/mol. The Morgan fingerprint density at radius 1 is 1.44 bits per heavy atom. The molecule has 2 aromatic rings. The molecule has 18 heavy (non-hydrogen) atoms. The summed E-state index contributed by atoms with van der Waals surface area (Å²) in [6, 6.07) is 4.90. The number of aryl methyl sites for hydroxylation is 1. The molecule has 3 nitrogen and oxygen atoms in total. The van der Waals surface area contributed by atoms with Crippen molar-refractivity contribution < 1.29 is 4.39 Å². The van der Waals surface area contributed by atoms with E-state index in [9.17, 15) is 4.39 Å². The van der Waals surface area contributed by atoms with Gasteiger partial charge < -0.3 is 5.32 Å². The Morgan fingerprint density at radius 2 is 2.28 bits per heavy atom. The minimum Gasteiger partial charge on any atom is -0.313 e. The van der Waals surface area contributed by atoms with Gasteiger partial charge in [0, 0.05) is 24.7 Å². The highest BCUT2D eigenvalue weighted by Gasteiger charge is 2.07. The second-order valence-electron chi connectivity index (χ2n) is 3.98. The Bertz CT molecular complexity index is 525. The largest absolute Gasteiger partial charge is 0.313 e. The van der Waals surface area contributed by atoms with Crippen molar-refractivity contribution in [2.45, 2.75) is 23.3 Å². The van der Waals surface area contributed by atoms with Crippen LogP contribution in [-0.2, 0) is 13.6 Å². The van der Waals surface area contributed by atoms with Crippen LogP contribution in [0.4, 0.5) is 4.39 Å². The maximum absolute atomic E-state index is 13.3. The van der Waals surface area contributed by atoms with Crippen LogP contribution in [0, 0.1) is 5.82 Å². The van der Waals surface area contributed by atoms with Gasteiger partial charge in [-0.25, -0.2) is 4.39 Å². The van der Waals surface area contributed by atoms with E-state index in [1.165, 1.54) is 6.07 Å². The molecule has 0 bridgehead atoms.